The van der Waals surface area contributed by atoms with E-state index >= 15 is 0 Å². The Kier molecular flexibility index (Phi) is 3.42. The molecule has 0 spiro atoms. The molecule has 0 amide bonds. The quantitative estimate of drug-likeness (QED) is 0.782. The Balaban J connectivity index is 2.53. The number of hydrogen-bond acceptors (Lipinski definition) is 2. The number of thiol groups is 1. The lowest BCUT2D eigenvalue weighted by Crippen LogP contribution is -1.85. The van der Waals surface area contributed by atoms with E-state index in [0.29, 0.717) is 5.02 Å². The molecule has 16 heavy (non-hydrogen) atoms. The van der Waals surface area contributed by atoms with Crippen LogP contribution in [0.5, 0.6) is 5.75 Å². The van der Waals surface area contributed by atoms with Gasteiger partial charge in [-0.2, -0.15) is 0 Å². The van der Waals surface area contributed by atoms with Crippen LogP contribution < -0.4 is 4.74 Å². The molecule has 0 aliphatic carbocycles. The Morgan fingerprint density at radius 3 is 2.44 bits per heavy atom. The highest BCUT2D eigenvalue weighted by molar-refractivity contribution is 7.80. The van der Waals surface area contributed by atoms with Crippen molar-refractivity contribution in [2.45, 2.75) is 4.90 Å². The number of rotatable bonds is 2. The first kappa shape index (κ1) is 11.4. The number of methoxy groups -OCH3 is 1. The van der Waals surface area contributed by atoms with E-state index in [1.807, 2.05) is 36.4 Å². The van der Waals surface area contributed by atoms with Crippen molar-refractivity contribution in [1.29, 1.82) is 0 Å². The standard InChI is InChI=1S/C13H11ClOS/c1-15-9-6-7-10(12(14)8-9)11-4-2-3-5-13(11)16/h2-8,16H,1H3. The Labute approximate surface area is 105 Å². The van der Waals surface area contributed by atoms with Crippen molar-refractivity contribution in [2.75, 3.05) is 7.11 Å². The zero-order valence-corrected chi connectivity index (χ0v) is 10.4. The fraction of sp³-hybridized carbons (Fsp3) is 0.0769. The third kappa shape index (κ3) is 2.18. The van der Waals surface area contributed by atoms with Gasteiger partial charge in [0.2, 0.25) is 0 Å². The SMILES string of the molecule is COc1ccc(-c2ccccc2S)c(Cl)c1. The van der Waals surface area contributed by atoms with E-state index in [1.54, 1.807) is 13.2 Å². The average molecular weight is 251 g/mol. The van der Waals surface area contributed by atoms with Crippen LogP contribution in [0.4, 0.5) is 0 Å². The van der Waals surface area contributed by atoms with Crippen molar-refractivity contribution < 1.29 is 4.74 Å². The maximum Gasteiger partial charge on any atom is 0.120 e. The lowest BCUT2D eigenvalue weighted by molar-refractivity contribution is 0.415. The number of halogens is 1. The number of ether oxygens (including phenoxy) is 1. The summed E-state index contributed by atoms with van der Waals surface area (Å²) in [5.74, 6) is 0.755. The first-order valence-corrected chi connectivity index (χ1v) is 5.67. The molecule has 3 heteroatoms. The van der Waals surface area contributed by atoms with Crippen LogP contribution in [0.15, 0.2) is 47.4 Å². The number of benzene rings is 2. The van der Waals surface area contributed by atoms with Gasteiger partial charge < -0.3 is 4.74 Å². The summed E-state index contributed by atoms with van der Waals surface area (Å²) in [6.45, 7) is 0. The second-order valence-electron chi connectivity index (χ2n) is 3.36. The molecule has 0 N–H and O–H groups in total. The smallest absolute Gasteiger partial charge is 0.120 e. The molecule has 2 aromatic carbocycles. The summed E-state index contributed by atoms with van der Waals surface area (Å²) in [7, 11) is 1.62. The summed E-state index contributed by atoms with van der Waals surface area (Å²) in [6, 6.07) is 13.5. The summed E-state index contributed by atoms with van der Waals surface area (Å²) in [4.78, 5) is 0.912. The van der Waals surface area contributed by atoms with Crippen LogP contribution in [0.1, 0.15) is 0 Å². The van der Waals surface area contributed by atoms with Gasteiger partial charge in [-0.15, -0.1) is 12.6 Å². The maximum absolute atomic E-state index is 6.20. The minimum Gasteiger partial charge on any atom is -0.497 e. The molecule has 0 aliphatic heterocycles. The van der Waals surface area contributed by atoms with Gasteiger partial charge in [0.05, 0.1) is 12.1 Å². The van der Waals surface area contributed by atoms with Crippen LogP contribution in [-0.4, -0.2) is 7.11 Å². The summed E-state index contributed by atoms with van der Waals surface area (Å²) in [6.07, 6.45) is 0. The predicted octanol–water partition coefficient (Wildman–Crippen LogP) is 4.30. The van der Waals surface area contributed by atoms with Gasteiger partial charge in [0.1, 0.15) is 5.75 Å². The van der Waals surface area contributed by atoms with Gasteiger partial charge in [-0.05, 0) is 29.8 Å². The maximum atomic E-state index is 6.20. The molecule has 2 rings (SSSR count). The highest BCUT2D eigenvalue weighted by Gasteiger charge is 2.07. The first-order valence-electron chi connectivity index (χ1n) is 4.84. The third-order valence-corrected chi connectivity index (χ3v) is 3.07. The van der Waals surface area contributed by atoms with Crippen molar-refractivity contribution >= 4 is 24.2 Å². The highest BCUT2D eigenvalue weighted by Crippen LogP contribution is 2.34. The molecule has 2 aromatic rings. The molecule has 0 saturated carbocycles. The molecule has 0 bridgehead atoms. The minimum atomic E-state index is 0.667. The summed E-state index contributed by atoms with van der Waals surface area (Å²) < 4.78 is 5.11. The molecule has 0 heterocycles. The van der Waals surface area contributed by atoms with Gasteiger partial charge in [-0.25, -0.2) is 0 Å². The van der Waals surface area contributed by atoms with E-state index in [9.17, 15) is 0 Å². The molecule has 0 aromatic heterocycles. The van der Waals surface area contributed by atoms with E-state index < -0.39 is 0 Å². The summed E-state index contributed by atoms with van der Waals surface area (Å²) in [5, 5.41) is 0.667. The van der Waals surface area contributed by atoms with Crippen LogP contribution in [0.3, 0.4) is 0 Å². The first-order chi connectivity index (χ1) is 7.72. The zero-order valence-electron chi connectivity index (χ0n) is 8.77. The highest BCUT2D eigenvalue weighted by atomic mass is 35.5. The third-order valence-electron chi connectivity index (χ3n) is 2.37. The van der Waals surface area contributed by atoms with Gasteiger partial charge in [-0.1, -0.05) is 29.8 Å². The van der Waals surface area contributed by atoms with Crippen molar-refractivity contribution in [3.63, 3.8) is 0 Å². The second-order valence-corrected chi connectivity index (χ2v) is 4.25. The van der Waals surface area contributed by atoms with E-state index in [-0.39, 0.29) is 0 Å². The molecular weight excluding hydrogens is 240 g/mol. The van der Waals surface area contributed by atoms with E-state index in [4.69, 9.17) is 16.3 Å². The lowest BCUT2D eigenvalue weighted by Gasteiger charge is -2.08. The molecule has 0 saturated heterocycles. The van der Waals surface area contributed by atoms with E-state index in [1.165, 1.54) is 0 Å². The summed E-state index contributed by atoms with van der Waals surface area (Å²) >= 11 is 10.6. The Morgan fingerprint density at radius 1 is 1.06 bits per heavy atom. The second kappa shape index (κ2) is 4.81. The van der Waals surface area contributed by atoms with E-state index in [2.05, 4.69) is 12.6 Å². The summed E-state index contributed by atoms with van der Waals surface area (Å²) in [5.41, 5.74) is 1.99. The van der Waals surface area contributed by atoms with E-state index in [0.717, 1.165) is 21.8 Å². The molecule has 0 radical (unpaired) electrons. The molecule has 0 atom stereocenters. The van der Waals surface area contributed by atoms with Crippen LogP contribution in [0, 0.1) is 0 Å². The lowest BCUT2D eigenvalue weighted by atomic mass is 10.1. The average Bonchev–Trinajstić information content (AvgIpc) is 2.30. The van der Waals surface area contributed by atoms with Gasteiger partial charge in [-0.3, -0.25) is 0 Å². The normalized spacial score (nSPS) is 10.2. The van der Waals surface area contributed by atoms with Gasteiger partial charge in [0.25, 0.3) is 0 Å². The molecule has 1 nitrogen and oxygen atoms in total. The molecule has 0 unspecified atom stereocenters. The van der Waals surface area contributed by atoms with Crippen molar-refractivity contribution in [2.24, 2.45) is 0 Å². The minimum absolute atomic E-state index is 0.667. The fourth-order valence-corrected chi connectivity index (χ4v) is 2.10. The van der Waals surface area contributed by atoms with Crippen LogP contribution in [0.2, 0.25) is 5.02 Å². The van der Waals surface area contributed by atoms with Crippen LogP contribution >= 0.6 is 24.2 Å². The van der Waals surface area contributed by atoms with Crippen molar-refractivity contribution in [1.82, 2.24) is 0 Å². The Morgan fingerprint density at radius 2 is 1.81 bits per heavy atom. The topological polar surface area (TPSA) is 9.23 Å². The van der Waals surface area contributed by atoms with Crippen molar-refractivity contribution in [3.8, 4) is 16.9 Å². The van der Waals surface area contributed by atoms with Gasteiger partial charge in [0, 0.05) is 10.5 Å². The van der Waals surface area contributed by atoms with Crippen LogP contribution in [0.25, 0.3) is 11.1 Å². The van der Waals surface area contributed by atoms with Gasteiger partial charge >= 0.3 is 0 Å². The Bertz CT molecular complexity index is 511. The van der Waals surface area contributed by atoms with Gasteiger partial charge in [0.15, 0.2) is 0 Å². The fourth-order valence-electron chi connectivity index (χ4n) is 1.54. The zero-order chi connectivity index (χ0) is 11.5. The largest absolute Gasteiger partial charge is 0.497 e. The van der Waals surface area contributed by atoms with Crippen molar-refractivity contribution in [3.05, 3.63) is 47.5 Å². The molecule has 82 valence electrons. The number of hydrogen-bond donors (Lipinski definition) is 1. The monoisotopic (exact) mass is 250 g/mol. The van der Waals surface area contributed by atoms with Crippen LogP contribution in [-0.2, 0) is 0 Å². The molecule has 0 fully saturated rings. The predicted molar refractivity (Wildman–Crippen MR) is 70.7 cm³/mol. The Hall–Kier alpha value is -1.12. The molecular formula is C13H11ClOS. The molecule has 0 aliphatic rings.